The minimum absolute atomic E-state index is 0.0107. The van der Waals surface area contributed by atoms with Crippen LogP contribution in [0.3, 0.4) is 0 Å². The molecule has 4 unspecified atom stereocenters. The smallest absolute Gasteiger partial charge is 0.308 e. The number of carbonyl (C=O) groups is 2. The predicted octanol–water partition coefficient (Wildman–Crippen LogP) is 9.23. The molecule has 0 aliphatic carbocycles. The highest BCUT2D eigenvalue weighted by atomic mass is 35.5. The number of aromatic nitrogens is 2. The molecular formula is C50H49Cl2N3O9. The van der Waals surface area contributed by atoms with Gasteiger partial charge in [-0.25, -0.2) is 0 Å². The molecule has 0 saturated heterocycles. The van der Waals surface area contributed by atoms with Crippen LogP contribution in [0.2, 0.25) is 10.0 Å². The van der Waals surface area contributed by atoms with Gasteiger partial charge in [0.05, 0.1) is 45.9 Å². The molecule has 14 heteroatoms. The SMILES string of the molecule is CCNC(=O)CC1OC(c2ccc(Cl)cc2)c2cc(OC)ccc2-c2cn(C)c(=O)cc21.CCOC(=O)CC1OC(c2ccc(Cl)cc2)c2cc(OC)ccc2-c2cn(C)c(=O)cc21. The number of esters is 1. The highest BCUT2D eigenvalue weighted by molar-refractivity contribution is 6.30. The van der Waals surface area contributed by atoms with Gasteiger partial charge in [-0.2, -0.15) is 0 Å². The number of methoxy groups -OCH3 is 2. The third-order valence-electron chi connectivity index (χ3n) is 11.2. The molecule has 0 radical (unpaired) electrons. The summed E-state index contributed by atoms with van der Waals surface area (Å²) in [5.74, 6) is 0.853. The fourth-order valence-electron chi connectivity index (χ4n) is 8.07. The second-order valence-electron chi connectivity index (χ2n) is 15.4. The van der Waals surface area contributed by atoms with Crippen molar-refractivity contribution in [2.24, 2.45) is 14.1 Å². The first-order valence-electron chi connectivity index (χ1n) is 20.8. The fraction of sp³-hybridized carbons (Fsp3) is 0.280. The zero-order valence-corrected chi connectivity index (χ0v) is 37.9. The topological polar surface area (TPSA) is 136 Å². The van der Waals surface area contributed by atoms with E-state index in [2.05, 4.69) is 5.32 Å². The van der Waals surface area contributed by atoms with Gasteiger partial charge in [0.25, 0.3) is 11.1 Å². The summed E-state index contributed by atoms with van der Waals surface area (Å²) in [6, 6.07) is 29.5. The average Bonchev–Trinajstić information content (AvgIpc) is 3.48. The molecule has 2 aliphatic rings. The van der Waals surface area contributed by atoms with Crippen LogP contribution in [0.1, 0.15) is 84.5 Å². The van der Waals surface area contributed by atoms with Gasteiger partial charge in [-0.05, 0) is 107 Å². The molecule has 0 spiro atoms. The number of amides is 1. The number of halogens is 2. The normalized spacial score (nSPS) is 17.1. The first-order valence-corrected chi connectivity index (χ1v) is 21.6. The molecular weight excluding hydrogens is 857 g/mol. The van der Waals surface area contributed by atoms with Crippen molar-refractivity contribution in [3.8, 4) is 33.8 Å². The Bertz CT molecular complexity index is 2600. The number of pyridine rings is 2. The minimum atomic E-state index is -0.669. The summed E-state index contributed by atoms with van der Waals surface area (Å²) in [4.78, 5) is 50.0. The van der Waals surface area contributed by atoms with Gasteiger partial charge in [-0.3, -0.25) is 19.2 Å². The van der Waals surface area contributed by atoms with Gasteiger partial charge >= 0.3 is 5.97 Å². The van der Waals surface area contributed by atoms with Crippen LogP contribution < -0.4 is 25.9 Å². The van der Waals surface area contributed by atoms with Crippen molar-refractivity contribution >= 4 is 35.1 Å². The van der Waals surface area contributed by atoms with Crippen LogP contribution in [0.15, 0.2) is 119 Å². The maximum atomic E-state index is 12.5. The van der Waals surface area contributed by atoms with Gasteiger partial charge in [-0.1, -0.05) is 59.6 Å². The van der Waals surface area contributed by atoms with Gasteiger partial charge in [0.1, 0.15) is 23.7 Å². The van der Waals surface area contributed by atoms with Crippen molar-refractivity contribution in [2.75, 3.05) is 27.4 Å². The minimum Gasteiger partial charge on any atom is -0.497 e. The van der Waals surface area contributed by atoms with E-state index in [0.717, 1.165) is 44.5 Å². The Morgan fingerprint density at radius 3 is 1.45 bits per heavy atom. The van der Waals surface area contributed by atoms with E-state index < -0.39 is 24.4 Å². The van der Waals surface area contributed by atoms with Crippen LogP contribution in [0.25, 0.3) is 22.3 Å². The predicted molar refractivity (Wildman–Crippen MR) is 246 cm³/mol. The molecule has 64 heavy (non-hydrogen) atoms. The van der Waals surface area contributed by atoms with Gasteiger partial charge in [0.2, 0.25) is 5.91 Å². The summed E-state index contributed by atoms with van der Waals surface area (Å²) in [5.41, 5.74) is 8.06. The number of nitrogens with one attached hydrogen (secondary N) is 1. The summed E-state index contributed by atoms with van der Waals surface area (Å²) in [5, 5.41) is 4.07. The Kier molecular flexibility index (Phi) is 14.4. The zero-order valence-electron chi connectivity index (χ0n) is 36.4. The van der Waals surface area contributed by atoms with E-state index in [4.69, 9.17) is 46.9 Å². The quantitative estimate of drug-likeness (QED) is 0.134. The van der Waals surface area contributed by atoms with Gasteiger partial charge < -0.3 is 38.1 Å². The first-order chi connectivity index (χ1) is 30.8. The third kappa shape index (κ3) is 9.95. The van der Waals surface area contributed by atoms with E-state index in [1.165, 1.54) is 10.6 Å². The molecule has 4 atom stereocenters. The van der Waals surface area contributed by atoms with Crippen molar-refractivity contribution in [1.29, 1.82) is 0 Å². The lowest BCUT2D eigenvalue weighted by Crippen LogP contribution is -2.26. The van der Waals surface area contributed by atoms with E-state index >= 15 is 0 Å². The van der Waals surface area contributed by atoms with Crippen LogP contribution >= 0.6 is 23.2 Å². The third-order valence-corrected chi connectivity index (χ3v) is 11.7. The maximum absolute atomic E-state index is 12.5. The second-order valence-corrected chi connectivity index (χ2v) is 16.2. The van der Waals surface area contributed by atoms with Gasteiger partial charge in [0, 0.05) is 66.3 Å². The Balaban J connectivity index is 0.000000191. The Hall–Kier alpha value is -6.18. The molecule has 1 amide bonds. The summed E-state index contributed by atoms with van der Waals surface area (Å²) in [6.07, 6.45) is 1.42. The van der Waals surface area contributed by atoms with Crippen molar-refractivity contribution in [3.63, 3.8) is 0 Å². The second kappa shape index (κ2) is 20.1. The molecule has 332 valence electrons. The number of hydrogen-bond donors (Lipinski definition) is 1. The monoisotopic (exact) mass is 905 g/mol. The van der Waals surface area contributed by atoms with Crippen LogP contribution in [0.4, 0.5) is 0 Å². The molecule has 0 fully saturated rings. The fourth-order valence-corrected chi connectivity index (χ4v) is 8.32. The number of benzene rings is 4. The van der Waals surface area contributed by atoms with Crippen molar-refractivity contribution < 1.29 is 33.3 Å². The van der Waals surface area contributed by atoms with Crippen molar-refractivity contribution in [2.45, 2.75) is 51.1 Å². The number of rotatable bonds is 10. The molecule has 2 aliphatic heterocycles. The van der Waals surface area contributed by atoms with Crippen LogP contribution in [-0.2, 0) is 37.9 Å². The van der Waals surface area contributed by atoms with E-state index in [0.29, 0.717) is 39.2 Å². The average molecular weight is 907 g/mol. The number of hydrogen-bond acceptors (Lipinski definition) is 9. The van der Waals surface area contributed by atoms with Crippen molar-refractivity contribution in [1.82, 2.24) is 14.5 Å². The molecule has 6 aromatic rings. The number of fused-ring (bicyclic) bond motifs is 6. The van der Waals surface area contributed by atoms with Gasteiger partial charge in [0.15, 0.2) is 0 Å². The molecule has 0 saturated carbocycles. The summed E-state index contributed by atoms with van der Waals surface area (Å²) in [7, 11) is 6.64. The molecule has 0 bridgehead atoms. The van der Waals surface area contributed by atoms with Crippen LogP contribution in [0.5, 0.6) is 11.5 Å². The number of aryl methyl sites for hydroxylation is 2. The lowest BCUT2D eigenvalue weighted by Gasteiger charge is -2.24. The highest BCUT2D eigenvalue weighted by Crippen LogP contribution is 2.48. The first kappa shape index (κ1) is 45.8. The lowest BCUT2D eigenvalue weighted by atomic mass is 9.91. The zero-order chi connectivity index (χ0) is 45.7. The molecule has 8 rings (SSSR count). The largest absolute Gasteiger partial charge is 0.497 e. The van der Waals surface area contributed by atoms with Crippen molar-refractivity contribution in [3.05, 3.63) is 174 Å². The standard InChI is InChI=1S/C25H25ClN2O4.C25H24ClNO5/c1-4-27-23(29)13-22-19-12-24(30)28(2)14-21(19)18-10-9-17(31-3)11-20(18)25(32-22)15-5-7-16(26)8-6-15;1-4-31-24(29)13-22-19-12-23(28)27(2)14-21(19)18-10-9-17(30-3)11-20(18)25(32-22)15-5-7-16(26)8-6-15/h5-12,14,22,25H,4,13H2,1-3H3,(H,27,29);5-12,14,22,25H,4,13H2,1-3H3. The van der Waals surface area contributed by atoms with E-state index in [1.54, 1.807) is 70.4 Å². The summed E-state index contributed by atoms with van der Waals surface area (Å²) in [6.45, 7) is 4.42. The highest BCUT2D eigenvalue weighted by Gasteiger charge is 2.35. The molecule has 4 aromatic carbocycles. The van der Waals surface area contributed by atoms with E-state index in [9.17, 15) is 19.2 Å². The Labute approximate surface area is 381 Å². The van der Waals surface area contributed by atoms with Crippen LogP contribution in [-0.4, -0.2) is 48.4 Å². The Morgan fingerprint density at radius 2 is 1.05 bits per heavy atom. The summed E-state index contributed by atoms with van der Waals surface area (Å²) >= 11 is 12.2. The Morgan fingerprint density at radius 1 is 0.609 bits per heavy atom. The molecule has 12 nitrogen and oxygen atoms in total. The molecule has 4 heterocycles. The summed E-state index contributed by atoms with van der Waals surface area (Å²) < 4.78 is 32.4. The lowest BCUT2D eigenvalue weighted by molar-refractivity contribution is -0.147. The molecule has 1 N–H and O–H groups in total. The van der Waals surface area contributed by atoms with E-state index in [1.807, 2.05) is 79.7 Å². The maximum Gasteiger partial charge on any atom is 0.308 e. The number of ether oxygens (including phenoxy) is 5. The van der Waals surface area contributed by atoms with Gasteiger partial charge in [-0.15, -0.1) is 0 Å². The number of carbonyl (C=O) groups excluding carboxylic acids is 2. The molecule has 2 aromatic heterocycles. The van der Waals surface area contributed by atoms with Crippen LogP contribution in [0, 0.1) is 0 Å². The number of nitrogens with zero attached hydrogens (tertiary/aromatic N) is 2. The van der Waals surface area contributed by atoms with E-state index in [-0.39, 0.29) is 42.4 Å².